The van der Waals surface area contributed by atoms with E-state index < -0.39 is 5.91 Å². The highest BCUT2D eigenvalue weighted by Gasteiger charge is 2.17. The molecule has 2 aromatic carbocycles. The molecule has 8 heteroatoms. The Morgan fingerprint density at radius 2 is 1.81 bits per heavy atom. The molecule has 0 unspecified atom stereocenters. The van der Waals surface area contributed by atoms with Gasteiger partial charge in [0.15, 0.2) is 17.2 Å². The van der Waals surface area contributed by atoms with Crippen LogP contribution in [-0.4, -0.2) is 23.1 Å². The lowest BCUT2D eigenvalue weighted by molar-refractivity contribution is 0.101. The van der Waals surface area contributed by atoms with Crippen molar-refractivity contribution in [1.29, 1.82) is 0 Å². The molecule has 0 aliphatic heterocycles. The summed E-state index contributed by atoms with van der Waals surface area (Å²) in [7, 11) is 1.39. The van der Waals surface area contributed by atoms with Gasteiger partial charge in [0.1, 0.15) is 11.5 Å². The zero-order chi connectivity index (χ0) is 19.4. The van der Waals surface area contributed by atoms with Crippen molar-refractivity contribution in [1.82, 2.24) is 4.98 Å². The summed E-state index contributed by atoms with van der Waals surface area (Å²) >= 11 is 11.9. The first-order chi connectivity index (χ1) is 13.0. The molecule has 0 saturated carbocycles. The van der Waals surface area contributed by atoms with Gasteiger partial charge in [-0.3, -0.25) is 4.79 Å². The fraction of sp³-hybridized carbons (Fsp3) is 0.0526. The molecule has 0 saturated heterocycles. The zero-order valence-electron chi connectivity index (χ0n) is 14.1. The Morgan fingerprint density at radius 3 is 2.48 bits per heavy atom. The standard InChI is InChI=1S/C19H14Cl2N2O4/c1-26-16-8-9-22-17(18(16)24)19(25)23-12-3-5-13(6-4-12)27-15-7-2-11(20)10-14(15)21/h2-10,24H,1H3,(H,23,25). The van der Waals surface area contributed by atoms with E-state index in [0.29, 0.717) is 27.2 Å². The third-order valence-electron chi connectivity index (χ3n) is 3.56. The van der Waals surface area contributed by atoms with Gasteiger partial charge in [0.05, 0.1) is 12.1 Å². The normalized spacial score (nSPS) is 10.3. The van der Waals surface area contributed by atoms with E-state index in [0.717, 1.165) is 0 Å². The minimum Gasteiger partial charge on any atom is -0.503 e. The summed E-state index contributed by atoms with van der Waals surface area (Å²) in [5.74, 6) is 0.261. The predicted molar refractivity (Wildman–Crippen MR) is 103 cm³/mol. The molecule has 0 atom stereocenters. The maximum absolute atomic E-state index is 12.3. The lowest BCUT2D eigenvalue weighted by Gasteiger charge is -2.10. The second-order valence-electron chi connectivity index (χ2n) is 5.37. The first-order valence-electron chi connectivity index (χ1n) is 7.74. The highest BCUT2D eigenvalue weighted by molar-refractivity contribution is 6.35. The summed E-state index contributed by atoms with van der Waals surface area (Å²) in [5, 5.41) is 13.5. The SMILES string of the molecule is COc1ccnc(C(=O)Nc2ccc(Oc3ccc(Cl)cc3Cl)cc2)c1O. The summed E-state index contributed by atoms with van der Waals surface area (Å²) < 4.78 is 10.7. The number of halogens is 2. The Hall–Kier alpha value is -2.96. The van der Waals surface area contributed by atoms with Crippen LogP contribution in [-0.2, 0) is 0 Å². The highest BCUT2D eigenvalue weighted by Crippen LogP contribution is 2.32. The van der Waals surface area contributed by atoms with Crippen molar-refractivity contribution >= 4 is 34.8 Å². The molecule has 6 nitrogen and oxygen atoms in total. The van der Waals surface area contributed by atoms with Crippen LogP contribution in [0.15, 0.2) is 54.7 Å². The minimum atomic E-state index is -0.569. The lowest BCUT2D eigenvalue weighted by Crippen LogP contribution is -2.14. The fourth-order valence-corrected chi connectivity index (χ4v) is 2.70. The van der Waals surface area contributed by atoms with E-state index in [9.17, 15) is 9.90 Å². The summed E-state index contributed by atoms with van der Waals surface area (Å²) in [5.41, 5.74) is 0.362. The maximum Gasteiger partial charge on any atom is 0.278 e. The van der Waals surface area contributed by atoms with E-state index in [2.05, 4.69) is 10.3 Å². The molecule has 3 aromatic rings. The number of hydrogen-bond donors (Lipinski definition) is 2. The van der Waals surface area contributed by atoms with Crippen LogP contribution in [0, 0.1) is 0 Å². The average Bonchev–Trinajstić information content (AvgIpc) is 2.65. The van der Waals surface area contributed by atoms with Crippen LogP contribution in [0.1, 0.15) is 10.5 Å². The van der Waals surface area contributed by atoms with Crippen molar-refractivity contribution < 1.29 is 19.4 Å². The van der Waals surface area contributed by atoms with Gasteiger partial charge in [-0.05, 0) is 42.5 Å². The number of carbonyl (C=O) groups excluding carboxylic acids is 1. The number of aromatic nitrogens is 1. The minimum absolute atomic E-state index is 0.136. The van der Waals surface area contributed by atoms with Gasteiger partial charge in [-0.1, -0.05) is 23.2 Å². The molecule has 0 fully saturated rings. The van der Waals surface area contributed by atoms with E-state index in [4.69, 9.17) is 32.7 Å². The van der Waals surface area contributed by atoms with Crippen LogP contribution in [0.2, 0.25) is 10.0 Å². The second kappa shape index (κ2) is 8.16. The summed E-state index contributed by atoms with van der Waals surface area (Å²) in [4.78, 5) is 16.2. The van der Waals surface area contributed by atoms with Crippen molar-refractivity contribution in [3.8, 4) is 23.0 Å². The van der Waals surface area contributed by atoms with Gasteiger partial charge in [0, 0.05) is 23.0 Å². The molecule has 2 N–H and O–H groups in total. The van der Waals surface area contributed by atoms with Gasteiger partial charge < -0.3 is 19.9 Å². The number of aromatic hydroxyl groups is 1. The van der Waals surface area contributed by atoms with Crippen LogP contribution in [0.5, 0.6) is 23.0 Å². The Bertz CT molecular complexity index is 978. The number of rotatable bonds is 5. The monoisotopic (exact) mass is 404 g/mol. The number of hydrogen-bond acceptors (Lipinski definition) is 5. The van der Waals surface area contributed by atoms with Crippen molar-refractivity contribution in [2.24, 2.45) is 0 Å². The molecule has 1 amide bonds. The number of benzene rings is 2. The Kier molecular flexibility index (Phi) is 5.69. The molecular weight excluding hydrogens is 391 g/mol. The molecule has 0 bridgehead atoms. The number of ether oxygens (including phenoxy) is 2. The number of nitrogens with one attached hydrogen (secondary N) is 1. The summed E-state index contributed by atoms with van der Waals surface area (Å²) in [6.07, 6.45) is 1.38. The third kappa shape index (κ3) is 4.42. The summed E-state index contributed by atoms with van der Waals surface area (Å²) in [6, 6.07) is 13.0. The summed E-state index contributed by atoms with van der Waals surface area (Å²) in [6.45, 7) is 0. The molecule has 0 radical (unpaired) electrons. The number of methoxy groups -OCH3 is 1. The first kappa shape index (κ1) is 18.8. The molecule has 27 heavy (non-hydrogen) atoms. The molecule has 3 rings (SSSR count). The quantitative estimate of drug-likeness (QED) is 0.614. The van der Waals surface area contributed by atoms with Gasteiger partial charge in [0.2, 0.25) is 0 Å². The number of amides is 1. The lowest BCUT2D eigenvalue weighted by atomic mass is 10.2. The van der Waals surface area contributed by atoms with Gasteiger partial charge in [-0.25, -0.2) is 4.98 Å². The van der Waals surface area contributed by atoms with E-state index in [1.165, 1.54) is 19.4 Å². The van der Waals surface area contributed by atoms with Crippen LogP contribution >= 0.6 is 23.2 Å². The zero-order valence-corrected chi connectivity index (χ0v) is 15.6. The van der Waals surface area contributed by atoms with Gasteiger partial charge >= 0.3 is 0 Å². The number of pyridine rings is 1. The van der Waals surface area contributed by atoms with E-state index in [1.54, 1.807) is 42.5 Å². The largest absolute Gasteiger partial charge is 0.503 e. The Labute approximate surface area is 165 Å². The van der Waals surface area contributed by atoms with Crippen molar-refractivity contribution in [3.63, 3.8) is 0 Å². The Morgan fingerprint density at radius 1 is 1.07 bits per heavy atom. The van der Waals surface area contributed by atoms with Crippen molar-refractivity contribution in [2.45, 2.75) is 0 Å². The van der Waals surface area contributed by atoms with Gasteiger partial charge in [-0.15, -0.1) is 0 Å². The second-order valence-corrected chi connectivity index (χ2v) is 6.21. The number of carbonyl (C=O) groups is 1. The van der Waals surface area contributed by atoms with Gasteiger partial charge in [0.25, 0.3) is 5.91 Å². The average molecular weight is 405 g/mol. The number of nitrogens with zero attached hydrogens (tertiary/aromatic N) is 1. The Balaban J connectivity index is 1.71. The predicted octanol–water partition coefficient (Wildman–Crippen LogP) is 5.15. The smallest absolute Gasteiger partial charge is 0.278 e. The molecular formula is C19H14Cl2N2O4. The van der Waals surface area contributed by atoms with Crippen LogP contribution in [0.3, 0.4) is 0 Å². The molecule has 1 heterocycles. The molecule has 0 aliphatic carbocycles. The molecule has 1 aromatic heterocycles. The van der Waals surface area contributed by atoms with E-state index >= 15 is 0 Å². The first-order valence-corrected chi connectivity index (χ1v) is 8.50. The molecule has 0 aliphatic rings. The topological polar surface area (TPSA) is 80.7 Å². The van der Waals surface area contributed by atoms with Gasteiger partial charge in [-0.2, -0.15) is 0 Å². The van der Waals surface area contributed by atoms with E-state index in [-0.39, 0.29) is 17.2 Å². The number of anilines is 1. The maximum atomic E-state index is 12.3. The van der Waals surface area contributed by atoms with Crippen LogP contribution in [0.4, 0.5) is 5.69 Å². The highest BCUT2D eigenvalue weighted by atomic mass is 35.5. The third-order valence-corrected chi connectivity index (χ3v) is 4.09. The van der Waals surface area contributed by atoms with Crippen LogP contribution in [0.25, 0.3) is 0 Å². The van der Waals surface area contributed by atoms with Crippen LogP contribution < -0.4 is 14.8 Å². The van der Waals surface area contributed by atoms with E-state index in [1.807, 2.05) is 0 Å². The molecule has 138 valence electrons. The van der Waals surface area contributed by atoms with Crippen molar-refractivity contribution in [3.05, 3.63) is 70.5 Å². The van der Waals surface area contributed by atoms with Crippen molar-refractivity contribution in [2.75, 3.05) is 12.4 Å². The fourth-order valence-electron chi connectivity index (χ4n) is 2.25. The molecule has 0 spiro atoms.